The predicted octanol–water partition coefficient (Wildman–Crippen LogP) is 8.67. The van der Waals surface area contributed by atoms with Gasteiger partial charge in [-0.15, -0.1) is 39.7 Å². The molecule has 3 heteroatoms. The molecule has 0 amide bonds. The molecule has 1 atom stereocenters. The molecule has 0 N–H and O–H groups in total. The first kappa shape index (κ1) is 45.7. The normalized spacial score (nSPS) is 17.2. The second kappa shape index (κ2) is 17.5. The van der Waals surface area contributed by atoms with Crippen LogP contribution in [-0.4, -0.2) is 3.21 Å². The number of halogens is 2. The Morgan fingerprint density at radius 3 is 1.43 bits per heavy atom. The SMILES string of the molecule is CC1=CC(C)(C)c2cc3[cH-]c4cc5c(cc4c3cc21)C(C)=CC5(C)C.CCC1=[C-]C(CC)C=C1C(C)(C)C.Cc1ccc([C](=[Zr+2])c2ccc(C)cc2)cc1.[Cl-].[Cl-]. The number of fused-ring (bicyclic) bond motifs is 5. The maximum absolute atomic E-state index is 3.57. The van der Waals surface area contributed by atoms with E-state index < -0.39 is 0 Å². The molecule has 0 saturated carbocycles. The Bertz CT molecular complexity index is 2220. The fraction of sp³-hybridized carbons (Fsp3) is 0.358. The van der Waals surface area contributed by atoms with E-state index in [0.29, 0.717) is 11.3 Å². The number of benzene rings is 4. The van der Waals surface area contributed by atoms with Gasteiger partial charge in [0.25, 0.3) is 0 Å². The van der Waals surface area contributed by atoms with Crippen molar-refractivity contribution in [3.63, 3.8) is 0 Å². The molecule has 0 aromatic heterocycles. The molecule has 0 bridgehead atoms. The van der Waals surface area contributed by atoms with E-state index in [-0.39, 0.29) is 35.6 Å². The van der Waals surface area contributed by atoms with Crippen LogP contribution in [0.1, 0.15) is 134 Å². The second-order valence-corrected chi connectivity index (χ2v) is 19.4. The van der Waals surface area contributed by atoms with Crippen molar-refractivity contribution in [2.45, 2.75) is 114 Å². The Morgan fingerprint density at radius 1 is 0.679 bits per heavy atom. The minimum Gasteiger partial charge on any atom is -1.00 e. The summed E-state index contributed by atoms with van der Waals surface area (Å²) in [5.41, 5.74) is 17.5. The van der Waals surface area contributed by atoms with Crippen LogP contribution in [0.2, 0.25) is 0 Å². The average molecular weight is 859 g/mol. The Hall–Kier alpha value is -2.96. The van der Waals surface area contributed by atoms with Crippen molar-refractivity contribution >= 4 is 35.9 Å². The molecule has 0 fully saturated rings. The largest absolute Gasteiger partial charge is 1.00 e. The van der Waals surface area contributed by atoms with Crippen LogP contribution in [0, 0.1) is 31.3 Å². The quantitative estimate of drug-likeness (QED) is 0.159. The molecule has 8 rings (SSSR count). The van der Waals surface area contributed by atoms with Crippen LogP contribution in [-0.2, 0) is 35.1 Å². The summed E-state index contributed by atoms with van der Waals surface area (Å²) in [6.07, 6.45) is 13.1. The van der Waals surface area contributed by atoms with Crippen LogP contribution in [0.25, 0.3) is 32.7 Å². The first-order valence-electron chi connectivity index (χ1n) is 20.0. The molecule has 3 aliphatic rings. The molecular formula is C53H60Cl2Zr-2. The number of allylic oxidation sites excluding steroid dienone is 8. The average Bonchev–Trinajstić information content (AvgIpc) is 3.83. The van der Waals surface area contributed by atoms with Crippen molar-refractivity contribution in [2.75, 3.05) is 0 Å². The van der Waals surface area contributed by atoms with Crippen molar-refractivity contribution in [3.8, 4) is 0 Å². The summed E-state index contributed by atoms with van der Waals surface area (Å²) in [6, 6.07) is 29.6. The van der Waals surface area contributed by atoms with Crippen LogP contribution in [0.4, 0.5) is 0 Å². The van der Waals surface area contributed by atoms with E-state index in [1.54, 1.807) is 0 Å². The number of hydrogen-bond donors (Lipinski definition) is 0. The molecule has 0 spiro atoms. The fourth-order valence-electron chi connectivity index (χ4n) is 8.69. The maximum Gasteiger partial charge on any atom is -1.00 e. The Morgan fingerprint density at radius 2 is 1.09 bits per heavy atom. The molecule has 5 aromatic carbocycles. The van der Waals surface area contributed by atoms with E-state index in [1.165, 1.54) is 122 Å². The molecule has 0 aliphatic heterocycles. The third kappa shape index (κ3) is 9.33. The van der Waals surface area contributed by atoms with Crippen molar-refractivity contribution < 1.29 is 49.0 Å². The predicted molar refractivity (Wildman–Crippen MR) is 234 cm³/mol. The molecule has 56 heavy (non-hydrogen) atoms. The topological polar surface area (TPSA) is 0 Å². The Balaban J connectivity index is 0.000000196. The van der Waals surface area contributed by atoms with Gasteiger partial charge in [0.15, 0.2) is 0 Å². The molecule has 3 aliphatic carbocycles. The monoisotopic (exact) mass is 856 g/mol. The van der Waals surface area contributed by atoms with Crippen LogP contribution in [0.3, 0.4) is 0 Å². The van der Waals surface area contributed by atoms with E-state index in [0.717, 1.165) is 6.42 Å². The summed E-state index contributed by atoms with van der Waals surface area (Å²) < 4.78 is 1.42. The summed E-state index contributed by atoms with van der Waals surface area (Å²) in [4.78, 5) is 0. The van der Waals surface area contributed by atoms with Crippen molar-refractivity contribution in [3.05, 3.63) is 159 Å². The second-order valence-electron chi connectivity index (χ2n) is 18.1. The summed E-state index contributed by atoms with van der Waals surface area (Å²) >= 11 is 1.46. The summed E-state index contributed by atoms with van der Waals surface area (Å²) in [6.45, 7) is 29.3. The third-order valence-corrected chi connectivity index (χ3v) is 13.1. The maximum atomic E-state index is 3.57. The fourth-order valence-corrected chi connectivity index (χ4v) is 9.50. The van der Waals surface area contributed by atoms with Gasteiger partial charge < -0.3 is 24.8 Å². The van der Waals surface area contributed by atoms with Gasteiger partial charge in [0.05, 0.1) is 0 Å². The zero-order valence-corrected chi connectivity index (χ0v) is 40.0. The first-order valence-corrected chi connectivity index (χ1v) is 21.2. The summed E-state index contributed by atoms with van der Waals surface area (Å²) in [5, 5.41) is 5.57. The molecule has 292 valence electrons. The first-order chi connectivity index (χ1) is 25.3. The van der Waals surface area contributed by atoms with Gasteiger partial charge in [0.2, 0.25) is 0 Å². The number of aryl methyl sites for hydroxylation is 2. The number of hydrogen-bond acceptors (Lipinski definition) is 0. The van der Waals surface area contributed by atoms with Gasteiger partial charge in [-0.25, -0.2) is 5.57 Å². The third-order valence-electron chi connectivity index (χ3n) is 11.7. The molecule has 0 heterocycles. The van der Waals surface area contributed by atoms with Crippen LogP contribution in [0.5, 0.6) is 0 Å². The van der Waals surface area contributed by atoms with E-state index in [9.17, 15) is 0 Å². The smallest absolute Gasteiger partial charge is 1.00 e. The molecular weight excluding hydrogens is 799 g/mol. The Labute approximate surface area is 366 Å². The van der Waals surface area contributed by atoms with Gasteiger partial charge in [-0.2, -0.15) is 11.6 Å². The zero-order valence-electron chi connectivity index (χ0n) is 36.0. The summed E-state index contributed by atoms with van der Waals surface area (Å²) in [5.74, 6) is 0.573. The van der Waals surface area contributed by atoms with E-state index >= 15 is 0 Å². The minimum absolute atomic E-state index is 0. The van der Waals surface area contributed by atoms with Crippen LogP contribution >= 0.6 is 0 Å². The zero-order chi connectivity index (χ0) is 39.3. The van der Waals surface area contributed by atoms with Crippen LogP contribution in [0.15, 0.2) is 108 Å². The van der Waals surface area contributed by atoms with Gasteiger partial charge in [-0.3, -0.25) is 6.08 Å². The van der Waals surface area contributed by atoms with E-state index in [1.807, 2.05) is 0 Å². The Kier molecular flexibility index (Phi) is 14.3. The van der Waals surface area contributed by atoms with Crippen molar-refractivity contribution in [1.29, 1.82) is 0 Å². The molecule has 0 saturated heterocycles. The molecule has 5 aromatic rings. The van der Waals surface area contributed by atoms with Gasteiger partial charge in [-0.05, 0) is 36.1 Å². The molecule has 1 unspecified atom stereocenters. The van der Waals surface area contributed by atoms with Crippen LogP contribution < -0.4 is 24.8 Å². The standard InChI is InChI=1S/C25H25.C15H14.C13H21.2ClH.Zr/c1-14-12-24(3,4)22-8-16-7-17-9-23-19(15(2)13-25(23,5)6)11-21(17)20(16)10-18(14)22;1-12-3-7-14(8-4-12)11-15-9-5-13(2)6-10-15;1-6-10-8-11(7-2)12(9-10)13(3,4)5;;;/h7-13H,1-6H3;3-10H,1-2H3;9-10H,6-7H2,1-5H3;2*1H;/q-1;;-1;;;+2/p-2. The van der Waals surface area contributed by atoms with Crippen molar-refractivity contribution in [2.24, 2.45) is 11.3 Å². The number of rotatable bonds is 4. The minimum atomic E-state index is 0. The van der Waals surface area contributed by atoms with Gasteiger partial charge >= 0.3 is 112 Å². The van der Waals surface area contributed by atoms with E-state index in [2.05, 4.69) is 193 Å². The summed E-state index contributed by atoms with van der Waals surface area (Å²) in [7, 11) is 0. The molecule has 0 radical (unpaired) electrons. The van der Waals surface area contributed by atoms with Gasteiger partial charge in [0, 0.05) is 10.8 Å². The van der Waals surface area contributed by atoms with E-state index in [4.69, 9.17) is 0 Å². The van der Waals surface area contributed by atoms with Crippen molar-refractivity contribution in [1.82, 2.24) is 0 Å². The van der Waals surface area contributed by atoms with Gasteiger partial charge in [-0.1, -0.05) is 122 Å². The molecule has 0 nitrogen and oxygen atoms in total. The van der Waals surface area contributed by atoms with Gasteiger partial charge in [0.1, 0.15) is 0 Å².